The van der Waals surface area contributed by atoms with E-state index in [1.807, 2.05) is 0 Å². The fourth-order valence-corrected chi connectivity index (χ4v) is 1.93. The van der Waals surface area contributed by atoms with E-state index < -0.39 is 0 Å². The van der Waals surface area contributed by atoms with Crippen LogP contribution in [0.1, 0.15) is 0 Å². The molecule has 0 bridgehead atoms. The second kappa shape index (κ2) is 1.78. The highest BCUT2D eigenvalue weighted by atomic mass is 14.1. The first-order valence-corrected chi connectivity index (χ1v) is 4.09. The molecule has 0 aliphatic carbocycles. The monoisotopic (exact) mass is 152 g/mol. The summed E-state index contributed by atoms with van der Waals surface area (Å²) in [6, 6.07) is 12.7. The van der Waals surface area contributed by atoms with Gasteiger partial charge in [0.05, 0.1) is 0 Å². The van der Waals surface area contributed by atoms with Crippen molar-refractivity contribution in [1.82, 2.24) is 0 Å². The van der Waals surface area contributed by atoms with Crippen LogP contribution < -0.4 is 5.22 Å². The summed E-state index contributed by atoms with van der Waals surface area (Å²) in [5.41, 5.74) is 0. The third-order valence-electron chi connectivity index (χ3n) is 2.55. The Morgan fingerprint density at radius 3 is 2.00 bits per heavy atom. The average molecular weight is 152 g/mol. The topological polar surface area (TPSA) is 0 Å². The minimum absolute atomic E-state index is 1.19. The molecule has 0 heterocycles. The van der Waals surface area contributed by atoms with Gasteiger partial charge < -0.3 is 0 Å². The molecule has 3 rings (SSSR count). The van der Waals surface area contributed by atoms with Gasteiger partial charge in [-0.25, -0.2) is 0 Å². The van der Waals surface area contributed by atoms with Crippen molar-refractivity contribution in [3.05, 3.63) is 41.6 Å². The first kappa shape index (κ1) is 6.01. The molecule has 0 aromatic heterocycles. The van der Waals surface area contributed by atoms with Crippen LogP contribution >= 0.6 is 0 Å². The lowest BCUT2D eigenvalue weighted by atomic mass is 9.93. The van der Waals surface area contributed by atoms with Crippen LogP contribution in [0.3, 0.4) is 0 Å². The molecule has 0 atom stereocenters. The van der Waals surface area contributed by atoms with Gasteiger partial charge in [-0.1, -0.05) is 43.0 Å². The molecule has 0 spiro atoms. The Bertz CT molecular complexity index is 531. The third-order valence-corrected chi connectivity index (χ3v) is 2.55. The molecule has 0 amide bonds. The molecule has 12 heavy (non-hydrogen) atoms. The van der Waals surface area contributed by atoms with Crippen LogP contribution in [0.4, 0.5) is 0 Å². The van der Waals surface area contributed by atoms with Gasteiger partial charge in [0.15, 0.2) is 0 Å². The van der Waals surface area contributed by atoms with E-state index in [2.05, 4.69) is 43.0 Å². The molecule has 0 fully saturated rings. The van der Waals surface area contributed by atoms with E-state index in [1.54, 1.807) is 0 Å². The fraction of sp³-hybridized carbons (Fsp3) is 0. The maximum Gasteiger partial charge on any atom is -0.00268 e. The standard InChI is InChI=1S/C12H8/c1-8-10-6-2-4-9-5-3-7-11(8)12(9)10/h2-7H,1H2. The van der Waals surface area contributed by atoms with Crippen LogP contribution in [0.2, 0.25) is 0 Å². The predicted octanol–water partition coefficient (Wildman–Crippen LogP) is 2.56. The summed E-state index contributed by atoms with van der Waals surface area (Å²) >= 11 is 0. The van der Waals surface area contributed by atoms with Gasteiger partial charge in [-0.15, -0.1) is 0 Å². The van der Waals surface area contributed by atoms with E-state index in [1.165, 1.54) is 26.8 Å². The molecule has 0 unspecified atom stereocenters. The fourth-order valence-electron chi connectivity index (χ4n) is 1.93. The van der Waals surface area contributed by atoms with Crippen LogP contribution in [0.25, 0.3) is 28.1 Å². The van der Waals surface area contributed by atoms with Crippen LogP contribution in [-0.4, -0.2) is 0 Å². The highest BCUT2D eigenvalue weighted by Gasteiger charge is 2.06. The summed E-state index contributed by atoms with van der Waals surface area (Å²) in [5.74, 6) is 0. The summed E-state index contributed by atoms with van der Waals surface area (Å²) < 4.78 is 0. The average Bonchev–Trinajstić information content (AvgIpc) is 2.16. The highest BCUT2D eigenvalue weighted by Crippen LogP contribution is 2.25. The Balaban J connectivity index is 2.77. The van der Waals surface area contributed by atoms with Gasteiger partial charge in [0.25, 0.3) is 0 Å². The Morgan fingerprint density at radius 1 is 0.833 bits per heavy atom. The summed E-state index contributed by atoms with van der Waals surface area (Å²) in [6.07, 6.45) is 0. The van der Waals surface area contributed by atoms with Crippen molar-refractivity contribution in [2.24, 2.45) is 0 Å². The molecule has 56 valence electrons. The third kappa shape index (κ3) is 0.504. The van der Waals surface area contributed by atoms with Gasteiger partial charge in [0.1, 0.15) is 0 Å². The Hall–Kier alpha value is -1.56. The SMILES string of the molecule is C=c1c2cccc3cccc1c32. The van der Waals surface area contributed by atoms with Crippen molar-refractivity contribution < 1.29 is 0 Å². The van der Waals surface area contributed by atoms with Crippen molar-refractivity contribution in [2.45, 2.75) is 0 Å². The quantitative estimate of drug-likeness (QED) is 0.464. The van der Waals surface area contributed by atoms with E-state index >= 15 is 0 Å². The van der Waals surface area contributed by atoms with Crippen molar-refractivity contribution in [1.29, 1.82) is 0 Å². The second-order valence-corrected chi connectivity index (χ2v) is 3.19. The molecule has 0 aliphatic heterocycles. The highest BCUT2D eigenvalue weighted by molar-refractivity contribution is 6.16. The van der Waals surface area contributed by atoms with Crippen LogP contribution in [0.5, 0.6) is 0 Å². The molecule has 0 aliphatic rings. The molecule has 0 radical (unpaired) electrons. The van der Waals surface area contributed by atoms with E-state index in [0.29, 0.717) is 0 Å². The summed E-state index contributed by atoms with van der Waals surface area (Å²) in [5, 5.41) is 6.56. The maximum atomic E-state index is 4.03. The molecular formula is C12H8. The van der Waals surface area contributed by atoms with Crippen molar-refractivity contribution in [3.8, 4) is 0 Å². The molecule has 3 aromatic carbocycles. The van der Waals surface area contributed by atoms with Gasteiger partial charge in [-0.05, 0) is 26.8 Å². The molecule has 0 N–H and O–H groups in total. The molecular weight excluding hydrogens is 144 g/mol. The first-order valence-electron chi connectivity index (χ1n) is 4.09. The number of hydrogen-bond donors (Lipinski definition) is 0. The van der Waals surface area contributed by atoms with Crippen LogP contribution in [-0.2, 0) is 0 Å². The van der Waals surface area contributed by atoms with Crippen LogP contribution in [0, 0.1) is 0 Å². The van der Waals surface area contributed by atoms with Gasteiger partial charge in [-0.3, -0.25) is 0 Å². The van der Waals surface area contributed by atoms with Crippen LogP contribution in [0.15, 0.2) is 36.4 Å². The number of rotatable bonds is 0. The zero-order valence-electron chi connectivity index (χ0n) is 6.67. The lowest BCUT2D eigenvalue weighted by molar-refractivity contribution is 1.73. The summed E-state index contributed by atoms with van der Waals surface area (Å²) in [7, 11) is 0. The maximum absolute atomic E-state index is 4.03. The first-order chi connectivity index (χ1) is 5.88. The zero-order chi connectivity index (χ0) is 8.13. The Morgan fingerprint density at radius 2 is 1.42 bits per heavy atom. The largest absolute Gasteiger partial charge is 0.0905 e. The Kier molecular flexibility index (Phi) is 0.891. The van der Waals surface area contributed by atoms with Gasteiger partial charge in [-0.2, -0.15) is 0 Å². The van der Waals surface area contributed by atoms with Gasteiger partial charge in [0, 0.05) is 0 Å². The lowest BCUT2D eigenvalue weighted by Crippen LogP contribution is -2.07. The van der Waals surface area contributed by atoms with Crippen molar-refractivity contribution in [2.75, 3.05) is 0 Å². The molecule has 0 saturated heterocycles. The Labute approximate surface area is 70.4 Å². The van der Waals surface area contributed by atoms with E-state index in [4.69, 9.17) is 0 Å². The number of hydrogen-bond acceptors (Lipinski definition) is 0. The zero-order valence-corrected chi connectivity index (χ0v) is 6.67. The smallest absolute Gasteiger partial charge is 0.00268 e. The number of benzene rings is 2. The molecule has 3 aromatic rings. The van der Waals surface area contributed by atoms with Gasteiger partial charge in [0.2, 0.25) is 0 Å². The second-order valence-electron chi connectivity index (χ2n) is 3.19. The van der Waals surface area contributed by atoms with E-state index in [0.717, 1.165) is 0 Å². The van der Waals surface area contributed by atoms with E-state index in [9.17, 15) is 0 Å². The predicted molar refractivity (Wildman–Crippen MR) is 53.4 cm³/mol. The normalized spacial score (nSPS) is 11.7. The van der Waals surface area contributed by atoms with Crippen molar-refractivity contribution >= 4 is 28.1 Å². The van der Waals surface area contributed by atoms with Gasteiger partial charge >= 0.3 is 0 Å². The summed E-state index contributed by atoms with van der Waals surface area (Å²) in [6.45, 7) is 4.03. The van der Waals surface area contributed by atoms with E-state index in [-0.39, 0.29) is 0 Å². The summed E-state index contributed by atoms with van der Waals surface area (Å²) in [4.78, 5) is 0. The molecule has 0 heteroatoms. The molecule has 0 saturated carbocycles. The minimum atomic E-state index is 1.19. The molecule has 0 nitrogen and oxygen atoms in total. The lowest BCUT2D eigenvalue weighted by Gasteiger charge is -2.10. The minimum Gasteiger partial charge on any atom is -0.0905 e. The van der Waals surface area contributed by atoms with Crippen molar-refractivity contribution in [3.63, 3.8) is 0 Å².